The molecule has 1 unspecified atom stereocenters. The smallest absolute Gasteiger partial charge is 0.192 e. The lowest BCUT2D eigenvalue weighted by Gasteiger charge is -2.40. The SMILES string of the molecule is CC(C)N1C(N)=NCC1(C)c1cccc2ccccc12. The molecule has 20 heavy (non-hydrogen) atoms. The van der Waals surface area contributed by atoms with E-state index >= 15 is 0 Å². The van der Waals surface area contributed by atoms with Gasteiger partial charge in [-0.1, -0.05) is 42.5 Å². The number of nitrogens with zero attached hydrogens (tertiary/aromatic N) is 2. The summed E-state index contributed by atoms with van der Waals surface area (Å²) in [6, 6.07) is 15.3. The summed E-state index contributed by atoms with van der Waals surface area (Å²) in [7, 11) is 0. The number of hydrogen-bond donors (Lipinski definition) is 1. The van der Waals surface area contributed by atoms with Crippen LogP contribution in [-0.2, 0) is 5.54 Å². The topological polar surface area (TPSA) is 41.6 Å². The van der Waals surface area contributed by atoms with E-state index in [4.69, 9.17) is 5.73 Å². The van der Waals surface area contributed by atoms with Gasteiger partial charge >= 0.3 is 0 Å². The summed E-state index contributed by atoms with van der Waals surface area (Å²) >= 11 is 0. The second kappa shape index (κ2) is 4.51. The average Bonchev–Trinajstić information content (AvgIpc) is 2.75. The maximum Gasteiger partial charge on any atom is 0.192 e. The van der Waals surface area contributed by atoms with Gasteiger partial charge < -0.3 is 10.6 Å². The van der Waals surface area contributed by atoms with Gasteiger partial charge in [-0.2, -0.15) is 0 Å². The summed E-state index contributed by atoms with van der Waals surface area (Å²) in [6.45, 7) is 7.28. The quantitative estimate of drug-likeness (QED) is 0.908. The minimum Gasteiger partial charge on any atom is -0.370 e. The third-order valence-electron chi connectivity index (χ3n) is 4.21. The summed E-state index contributed by atoms with van der Waals surface area (Å²) in [4.78, 5) is 6.73. The highest BCUT2D eigenvalue weighted by atomic mass is 15.4. The molecule has 0 aromatic heterocycles. The Bertz CT molecular complexity index is 669. The average molecular weight is 267 g/mol. The lowest BCUT2D eigenvalue weighted by Crippen LogP contribution is -2.51. The molecule has 2 aromatic rings. The second-order valence-electron chi connectivity index (χ2n) is 5.94. The van der Waals surface area contributed by atoms with E-state index in [2.05, 4.69) is 73.1 Å². The van der Waals surface area contributed by atoms with Gasteiger partial charge in [0, 0.05) is 6.04 Å². The molecule has 0 saturated carbocycles. The molecule has 0 radical (unpaired) electrons. The van der Waals surface area contributed by atoms with Gasteiger partial charge in [0.2, 0.25) is 0 Å². The number of fused-ring (bicyclic) bond motifs is 1. The molecular weight excluding hydrogens is 246 g/mol. The van der Waals surface area contributed by atoms with Crippen LogP contribution in [0.15, 0.2) is 47.5 Å². The van der Waals surface area contributed by atoms with Crippen LogP contribution in [0.25, 0.3) is 10.8 Å². The van der Waals surface area contributed by atoms with Gasteiger partial charge in [0.25, 0.3) is 0 Å². The van der Waals surface area contributed by atoms with Crippen LogP contribution in [-0.4, -0.2) is 23.4 Å². The highest BCUT2D eigenvalue weighted by molar-refractivity contribution is 5.89. The number of benzene rings is 2. The Labute approximate surface area is 120 Å². The third kappa shape index (κ3) is 1.77. The fourth-order valence-corrected chi connectivity index (χ4v) is 3.38. The molecular formula is C17H21N3. The molecule has 3 heteroatoms. The molecule has 2 N–H and O–H groups in total. The van der Waals surface area contributed by atoms with Gasteiger partial charge in [0.05, 0.1) is 12.1 Å². The van der Waals surface area contributed by atoms with Gasteiger partial charge in [0.1, 0.15) is 0 Å². The Morgan fingerprint density at radius 3 is 2.60 bits per heavy atom. The Hall–Kier alpha value is -2.03. The van der Waals surface area contributed by atoms with E-state index in [9.17, 15) is 0 Å². The monoisotopic (exact) mass is 267 g/mol. The number of guanidine groups is 1. The summed E-state index contributed by atoms with van der Waals surface area (Å²) < 4.78 is 0. The molecule has 0 bridgehead atoms. The highest BCUT2D eigenvalue weighted by Crippen LogP contribution is 2.37. The summed E-state index contributed by atoms with van der Waals surface area (Å²) in [5.41, 5.74) is 7.24. The highest BCUT2D eigenvalue weighted by Gasteiger charge is 2.41. The largest absolute Gasteiger partial charge is 0.370 e. The fourth-order valence-electron chi connectivity index (χ4n) is 3.38. The zero-order valence-electron chi connectivity index (χ0n) is 12.3. The van der Waals surface area contributed by atoms with Gasteiger partial charge in [-0.05, 0) is 37.1 Å². The molecule has 0 fully saturated rings. The van der Waals surface area contributed by atoms with Crippen molar-refractivity contribution < 1.29 is 0 Å². The van der Waals surface area contributed by atoms with Crippen molar-refractivity contribution in [1.29, 1.82) is 0 Å². The Kier molecular flexibility index (Phi) is 2.93. The first-order chi connectivity index (χ1) is 9.54. The Morgan fingerprint density at radius 2 is 1.85 bits per heavy atom. The van der Waals surface area contributed by atoms with Crippen LogP contribution < -0.4 is 5.73 Å². The van der Waals surface area contributed by atoms with Crippen molar-refractivity contribution >= 4 is 16.7 Å². The molecule has 0 spiro atoms. The van der Waals surface area contributed by atoms with Gasteiger partial charge in [-0.3, -0.25) is 4.99 Å². The summed E-state index contributed by atoms with van der Waals surface area (Å²) in [5, 5.41) is 2.55. The molecule has 1 heterocycles. The summed E-state index contributed by atoms with van der Waals surface area (Å²) in [6.07, 6.45) is 0. The first-order valence-electron chi connectivity index (χ1n) is 7.11. The van der Waals surface area contributed by atoms with Crippen molar-refractivity contribution in [2.45, 2.75) is 32.4 Å². The van der Waals surface area contributed by atoms with E-state index in [1.165, 1.54) is 16.3 Å². The lowest BCUT2D eigenvalue weighted by molar-refractivity contribution is 0.186. The van der Waals surface area contributed by atoms with Gasteiger partial charge in [-0.25, -0.2) is 0 Å². The van der Waals surface area contributed by atoms with Crippen LogP contribution in [0.4, 0.5) is 0 Å². The van der Waals surface area contributed by atoms with Crippen molar-refractivity contribution in [3.8, 4) is 0 Å². The van der Waals surface area contributed by atoms with Crippen molar-refractivity contribution in [2.75, 3.05) is 6.54 Å². The minimum atomic E-state index is -0.168. The van der Waals surface area contributed by atoms with Crippen molar-refractivity contribution in [3.05, 3.63) is 48.0 Å². The first kappa shape index (κ1) is 13.0. The number of nitrogens with two attached hydrogens (primary N) is 1. The molecule has 2 aromatic carbocycles. The number of rotatable bonds is 2. The second-order valence-corrected chi connectivity index (χ2v) is 5.94. The maximum absolute atomic E-state index is 6.11. The van der Waals surface area contributed by atoms with Gasteiger partial charge in [-0.15, -0.1) is 0 Å². The van der Waals surface area contributed by atoms with E-state index in [0.717, 1.165) is 0 Å². The standard InChI is InChI=1S/C17H21N3/c1-12(2)20-16(18)19-11-17(20,3)15-10-6-8-13-7-4-5-9-14(13)15/h4-10,12H,11H2,1-3H3,(H2,18,19). The van der Waals surface area contributed by atoms with E-state index in [-0.39, 0.29) is 5.54 Å². The molecule has 1 aliphatic rings. The van der Waals surface area contributed by atoms with Crippen molar-refractivity contribution in [2.24, 2.45) is 10.7 Å². The van der Waals surface area contributed by atoms with Crippen LogP contribution in [0, 0.1) is 0 Å². The molecule has 0 aliphatic carbocycles. The number of aliphatic imine (C=N–C) groups is 1. The molecule has 1 atom stereocenters. The zero-order chi connectivity index (χ0) is 14.3. The maximum atomic E-state index is 6.11. The molecule has 3 nitrogen and oxygen atoms in total. The van der Waals surface area contributed by atoms with Crippen LogP contribution in [0.3, 0.4) is 0 Å². The van der Waals surface area contributed by atoms with E-state index in [0.29, 0.717) is 18.5 Å². The predicted octanol–water partition coefficient (Wildman–Crippen LogP) is 3.09. The van der Waals surface area contributed by atoms with Crippen molar-refractivity contribution in [1.82, 2.24) is 4.90 Å². The lowest BCUT2D eigenvalue weighted by atomic mass is 9.86. The molecule has 1 aliphatic heterocycles. The van der Waals surface area contributed by atoms with Crippen LogP contribution >= 0.6 is 0 Å². The fraction of sp³-hybridized carbons (Fsp3) is 0.353. The van der Waals surface area contributed by atoms with Gasteiger partial charge in [0.15, 0.2) is 5.96 Å². The van der Waals surface area contributed by atoms with Crippen LogP contribution in [0.2, 0.25) is 0 Å². The minimum absolute atomic E-state index is 0.168. The van der Waals surface area contributed by atoms with E-state index in [1.807, 2.05) is 0 Å². The predicted molar refractivity (Wildman–Crippen MR) is 84.8 cm³/mol. The number of hydrogen-bond acceptors (Lipinski definition) is 3. The normalized spacial score (nSPS) is 22.6. The molecule has 0 amide bonds. The Balaban J connectivity index is 2.20. The summed E-state index contributed by atoms with van der Waals surface area (Å²) in [5.74, 6) is 0.649. The van der Waals surface area contributed by atoms with Crippen LogP contribution in [0.5, 0.6) is 0 Å². The molecule has 0 saturated heterocycles. The van der Waals surface area contributed by atoms with E-state index in [1.54, 1.807) is 0 Å². The zero-order valence-corrected chi connectivity index (χ0v) is 12.3. The first-order valence-corrected chi connectivity index (χ1v) is 7.11. The van der Waals surface area contributed by atoms with E-state index < -0.39 is 0 Å². The molecule has 104 valence electrons. The molecule has 3 rings (SSSR count). The Morgan fingerprint density at radius 1 is 1.15 bits per heavy atom. The third-order valence-corrected chi connectivity index (χ3v) is 4.21. The van der Waals surface area contributed by atoms with Crippen LogP contribution in [0.1, 0.15) is 26.3 Å². The van der Waals surface area contributed by atoms with Crippen molar-refractivity contribution in [3.63, 3.8) is 0 Å².